The summed E-state index contributed by atoms with van der Waals surface area (Å²) in [5, 5.41) is 10.7. The van der Waals surface area contributed by atoms with Crippen molar-refractivity contribution in [2.45, 2.75) is 0 Å². The topological polar surface area (TPSA) is 72.7 Å². The lowest BCUT2D eigenvalue weighted by Gasteiger charge is -2.17. The van der Waals surface area contributed by atoms with E-state index < -0.39 is 10.7 Å². The van der Waals surface area contributed by atoms with E-state index in [-0.39, 0.29) is 29.0 Å². The number of amides is 1. The van der Waals surface area contributed by atoms with Gasteiger partial charge in [0.15, 0.2) is 6.61 Å². The fourth-order valence-corrected chi connectivity index (χ4v) is 1.99. The minimum atomic E-state index is -0.523. The van der Waals surface area contributed by atoms with Gasteiger partial charge in [0.1, 0.15) is 11.6 Å². The van der Waals surface area contributed by atoms with Gasteiger partial charge in [-0.25, -0.2) is 4.39 Å². The molecule has 0 fully saturated rings. The minimum Gasteiger partial charge on any atom is -0.482 e. The average Bonchev–Trinajstić information content (AvgIpc) is 2.53. The number of ether oxygens (including phenoxy) is 1. The quantitative estimate of drug-likeness (QED) is 0.618. The summed E-state index contributed by atoms with van der Waals surface area (Å²) < 4.78 is 18.2. The fraction of sp³-hybridized carbons (Fsp3) is 0.133. The van der Waals surface area contributed by atoms with Gasteiger partial charge < -0.3 is 9.64 Å². The largest absolute Gasteiger partial charge is 0.482 e. The number of rotatable bonds is 5. The molecule has 0 aliphatic heterocycles. The van der Waals surface area contributed by atoms with E-state index in [9.17, 15) is 19.3 Å². The van der Waals surface area contributed by atoms with Crippen LogP contribution in [-0.4, -0.2) is 24.5 Å². The van der Waals surface area contributed by atoms with Crippen LogP contribution in [0.5, 0.6) is 5.75 Å². The third-order valence-electron chi connectivity index (χ3n) is 3.07. The summed E-state index contributed by atoms with van der Waals surface area (Å²) in [5.41, 5.74) is 0.415. The van der Waals surface area contributed by atoms with E-state index in [0.717, 1.165) is 6.07 Å². The fourth-order valence-electron chi connectivity index (χ4n) is 1.77. The Kier molecular flexibility index (Phi) is 5.13. The zero-order chi connectivity index (χ0) is 17.0. The van der Waals surface area contributed by atoms with Crippen LogP contribution >= 0.6 is 11.6 Å². The van der Waals surface area contributed by atoms with Gasteiger partial charge in [0.2, 0.25) is 0 Å². The molecule has 0 aliphatic rings. The summed E-state index contributed by atoms with van der Waals surface area (Å²) in [4.78, 5) is 23.4. The van der Waals surface area contributed by atoms with Gasteiger partial charge in [0.05, 0.1) is 9.95 Å². The lowest BCUT2D eigenvalue weighted by molar-refractivity contribution is -0.384. The highest BCUT2D eigenvalue weighted by molar-refractivity contribution is 6.32. The number of hydrogen-bond donors (Lipinski definition) is 0. The van der Waals surface area contributed by atoms with Crippen LogP contribution in [0, 0.1) is 15.9 Å². The molecule has 0 N–H and O–H groups in total. The zero-order valence-electron chi connectivity index (χ0n) is 12.0. The van der Waals surface area contributed by atoms with Crippen LogP contribution in [-0.2, 0) is 4.79 Å². The molecule has 0 spiro atoms. The van der Waals surface area contributed by atoms with Gasteiger partial charge in [-0.15, -0.1) is 0 Å². The molecule has 0 aliphatic carbocycles. The third kappa shape index (κ3) is 4.17. The Morgan fingerprint density at radius 2 is 1.96 bits per heavy atom. The summed E-state index contributed by atoms with van der Waals surface area (Å²) in [6, 6.07) is 9.11. The molecule has 6 nitrogen and oxygen atoms in total. The number of nitro groups is 1. The minimum absolute atomic E-state index is 0.0655. The predicted octanol–water partition coefficient (Wildman–Crippen LogP) is 3.43. The molecule has 0 aromatic heterocycles. The molecular weight excluding hydrogens is 327 g/mol. The Labute approximate surface area is 136 Å². The SMILES string of the molecule is CN(C(=O)COc1ccc(F)cc1Cl)c1ccc([N+](=O)[O-])cc1. The molecule has 0 bridgehead atoms. The first-order valence-electron chi connectivity index (χ1n) is 6.47. The molecular formula is C15H12ClFN2O4. The number of anilines is 1. The zero-order valence-corrected chi connectivity index (χ0v) is 12.8. The van der Waals surface area contributed by atoms with E-state index in [1.54, 1.807) is 0 Å². The maximum Gasteiger partial charge on any atom is 0.269 e. The van der Waals surface area contributed by atoms with Gasteiger partial charge in [0, 0.05) is 24.9 Å². The molecule has 0 saturated carbocycles. The van der Waals surface area contributed by atoms with Crippen molar-refractivity contribution in [1.29, 1.82) is 0 Å². The van der Waals surface area contributed by atoms with Gasteiger partial charge in [-0.3, -0.25) is 14.9 Å². The number of non-ortho nitro benzene ring substituents is 1. The number of carbonyl (C=O) groups excluding carboxylic acids is 1. The van der Waals surface area contributed by atoms with Crippen molar-refractivity contribution in [3.05, 3.63) is 63.4 Å². The number of carbonyl (C=O) groups is 1. The number of benzene rings is 2. The smallest absolute Gasteiger partial charge is 0.269 e. The van der Waals surface area contributed by atoms with Crippen LogP contribution in [0.3, 0.4) is 0 Å². The molecule has 8 heteroatoms. The molecule has 1 amide bonds. The molecule has 2 aromatic carbocycles. The molecule has 120 valence electrons. The van der Waals surface area contributed by atoms with Crippen LogP contribution in [0.4, 0.5) is 15.8 Å². The number of nitro benzene ring substituents is 1. The Morgan fingerprint density at radius 3 is 2.52 bits per heavy atom. The van der Waals surface area contributed by atoms with Crippen molar-refractivity contribution < 1.29 is 18.8 Å². The third-order valence-corrected chi connectivity index (χ3v) is 3.36. The number of likely N-dealkylation sites (N-methyl/N-ethyl adjacent to an activating group) is 1. The van der Waals surface area contributed by atoms with Crippen molar-refractivity contribution in [1.82, 2.24) is 0 Å². The lowest BCUT2D eigenvalue weighted by atomic mass is 10.2. The molecule has 0 radical (unpaired) electrons. The van der Waals surface area contributed by atoms with Crippen LogP contribution < -0.4 is 9.64 Å². The van der Waals surface area contributed by atoms with Crippen molar-refractivity contribution in [2.24, 2.45) is 0 Å². The van der Waals surface area contributed by atoms with E-state index in [4.69, 9.17) is 16.3 Å². The van der Waals surface area contributed by atoms with E-state index in [1.807, 2.05) is 0 Å². The van der Waals surface area contributed by atoms with Crippen molar-refractivity contribution in [3.8, 4) is 5.75 Å². The summed E-state index contributed by atoms with van der Waals surface area (Å²) in [6.07, 6.45) is 0. The Hall–Kier alpha value is -2.67. The molecule has 0 heterocycles. The Morgan fingerprint density at radius 1 is 1.30 bits per heavy atom. The van der Waals surface area contributed by atoms with E-state index in [0.29, 0.717) is 5.69 Å². The summed E-state index contributed by atoms with van der Waals surface area (Å²) in [6.45, 7) is -0.307. The molecule has 0 unspecified atom stereocenters. The van der Waals surface area contributed by atoms with Crippen LogP contribution in [0.15, 0.2) is 42.5 Å². The van der Waals surface area contributed by atoms with Gasteiger partial charge in [-0.05, 0) is 30.3 Å². The summed E-state index contributed by atoms with van der Waals surface area (Å²) in [7, 11) is 1.51. The first-order chi connectivity index (χ1) is 10.9. The highest BCUT2D eigenvalue weighted by atomic mass is 35.5. The van der Waals surface area contributed by atoms with Gasteiger partial charge in [0.25, 0.3) is 11.6 Å². The molecule has 0 saturated heterocycles. The van der Waals surface area contributed by atoms with Gasteiger partial charge >= 0.3 is 0 Å². The van der Waals surface area contributed by atoms with Crippen LogP contribution in [0.2, 0.25) is 5.02 Å². The van der Waals surface area contributed by atoms with E-state index in [2.05, 4.69) is 0 Å². The monoisotopic (exact) mass is 338 g/mol. The van der Waals surface area contributed by atoms with E-state index in [1.165, 1.54) is 48.3 Å². The second-order valence-corrected chi connectivity index (χ2v) is 5.00. The predicted molar refractivity (Wildman–Crippen MR) is 83.4 cm³/mol. The molecule has 2 aromatic rings. The standard InChI is InChI=1S/C15H12ClFN2O4/c1-18(11-3-5-12(6-4-11)19(21)22)15(20)9-23-14-7-2-10(17)8-13(14)16/h2-8H,9H2,1H3. The average molecular weight is 339 g/mol. The number of hydrogen-bond acceptors (Lipinski definition) is 4. The summed E-state index contributed by atoms with van der Waals surface area (Å²) >= 11 is 5.80. The molecule has 0 atom stereocenters. The maximum atomic E-state index is 12.9. The van der Waals surface area contributed by atoms with Crippen molar-refractivity contribution >= 4 is 28.9 Å². The first-order valence-corrected chi connectivity index (χ1v) is 6.85. The molecule has 23 heavy (non-hydrogen) atoms. The van der Waals surface area contributed by atoms with Crippen molar-refractivity contribution in [2.75, 3.05) is 18.6 Å². The normalized spacial score (nSPS) is 10.2. The highest BCUT2D eigenvalue weighted by Crippen LogP contribution is 2.25. The maximum absolute atomic E-state index is 12.9. The van der Waals surface area contributed by atoms with Gasteiger partial charge in [-0.1, -0.05) is 11.6 Å². The second-order valence-electron chi connectivity index (χ2n) is 4.59. The number of nitrogens with zero attached hydrogens (tertiary/aromatic N) is 2. The highest BCUT2D eigenvalue weighted by Gasteiger charge is 2.14. The summed E-state index contributed by atoms with van der Waals surface area (Å²) in [5.74, 6) is -0.700. The van der Waals surface area contributed by atoms with Gasteiger partial charge in [-0.2, -0.15) is 0 Å². The van der Waals surface area contributed by atoms with Crippen LogP contribution in [0.1, 0.15) is 0 Å². The second kappa shape index (κ2) is 7.06. The Bertz CT molecular complexity index is 737. The Balaban J connectivity index is 2.00. The van der Waals surface area contributed by atoms with Crippen molar-refractivity contribution in [3.63, 3.8) is 0 Å². The lowest BCUT2D eigenvalue weighted by Crippen LogP contribution is -2.31. The van der Waals surface area contributed by atoms with E-state index >= 15 is 0 Å². The van der Waals surface area contributed by atoms with Crippen LogP contribution in [0.25, 0.3) is 0 Å². The first kappa shape index (κ1) is 16.7. The number of halogens is 2. The molecule has 2 rings (SSSR count).